The molecule has 4 rings (SSSR count). The first-order chi connectivity index (χ1) is 12.6. The van der Waals surface area contributed by atoms with Gasteiger partial charge in [0.2, 0.25) is 10.1 Å². The summed E-state index contributed by atoms with van der Waals surface area (Å²) in [6.45, 7) is 2.79. The van der Waals surface area contributed by atoms with E-state index in [-0.39, 0.29) is 11.0 Å². The highest BCUT2D eigenvalue weighted by atomic mass is 35.5. The molecule has 0 unspecified atom stereocenters. The fraction of sp³-hybridized carbons (Fsp3) is 0.421. The molecule has 2 aromatic heterocycles. The zero-order chi connectivity index (χ0) is 18.1. The van der Waals surface area contributed by atoms with E-state index < -0.39 is 0 Å². The highest BCUT2D eigenvalue weighted by Gasteiger charge is 2.35. The molecule has 0 bridgehead atoms. The smallest absolute Gasteiger partial charge is 0.275 e. The first kappa shape index (κ1) is 17.5. The maximum Gasteiger partial charge on any atom is 0.275 e. The van der Waals surface area contributed by atoms with Crippen molar-refractivity contribution in [2.45, 2.75) is 44.4 Å². The third kappa shape index (κ3) is 3.23. The Hall–Kier alpha value is -1.92. The SMILES string of the molecule is CCc1cc(=O)n2nc(NCC3(c4ccc(Cl)cc4)CCCC3)sc2n1. The minimum atomic E-state index is -0.121. The van der Waals surface area contributed by atoms with E-state index in [1.807, 2.05) is 19.1 Å². The van der Waals surface area contributed by atoms with Crippen molar-refractivity contribution in [3.05, 3.63) is 57.0 Å². The normalized spacial score (nSPS) is 16.2. The third-order valence-corrected chi connectivity index (χ3v) is 6.37. The van der Waals surface area contributed by atoms with Gasteiger partial charge in [-0.1, -0.05) is 54.8 Å². The molecule has 1 aromatic carbocycles. The lowest BCUT2D eigenvalue weighted by atomic mass is 9.79. The van der Waals surface area contributed by atoms with Crippen LogP contribution in [-0.2, 0) is 11.8 Å². The van der Waals surface area contributed by atoms with Crippen molar-refractivity contribution in [2.75, 3.05) is 11.9 Å². The summed E-state index contributed by atoms with van der Waals surface area (Å²) in [6, 6.07) is 9.75. The quantitative estimate of drug-likeness (QED) is 0.708. The van der Waals surface area contributed by atoms with Gasteiger partial charge in [-0.25, -0.2) is 4.98 Å². The van der Waals surface area contributed by atoms with Crippen molar-refractivity contribution < 1.29 is 0 Å². The second-order valence-corrected chi connectivity index (χ2v) is 8.28. The molecule has 0 atom stereocenters. The Morgan fingerprint density at radius 1 is 1.27 bits per heavy atom. The summed E-state index contributed by atoms with van der Waals surface area (Å²) in [5, 5.41) is 9.39. The Labute approximate surface area is 161 Å². The summed E-state index contributed by atoms with van der Waals surface area (Å²) in [5.74, 6) is 0. The number of aromatic nitrogens is 3. The summed E-state index contributed by atoms with van der Waals surface area (Å²) in [5.41, 5.74) is 2.09. The molecule has 1 aliphatic carbocycles. The number of aryl methyl sites for hydroxylation is 1. The number of fused-ring (bicyclic) bond motifs is 1. The van der Waals surface area contributed by atoms with Gasteiger partial charge in [-0.2, -0.15) is 4.52 Å². The highest BCUT2D eigenvalue weighted by molar-refractivity contribution is 7.20. The van der Waals surface area contributed by atoms with E-state index in [2.05, 4.69) is 27.5 Å². The molecular formula is C19H21ClN4OS. The summed E-state index contributed by atoms with van der Waals surface area (Å²) >= 11 is 7.49. The molecule has 0 radical (unpaired) electrons. The van der Waals surface area contributed by atoms with Gasteiger partial charge in [-0.3, -0.25) is 4.79 Å². The van der Waals surface area contributed by atoms with Crippen molar-refractivity contribution in [1.29, 1.82) is 0 Å². The molecule has 1 fully saturated rings. The third-order valence-electron chi connectivity index (χ3n) is 5.26. The maximum absolute atomic E-state index is 12.2. The molecule has 0 saturated heterocycles. The number of halogens is 1. The van der Waals surface area contributed by atoms with Crippen LogP contribution in [0.15, 0.2) is 35.1 Å². The lowest BCUT2D eigenvalue weighted by Gasteiger charge is -2.30. The van der Waals surface area contributed by atoms with Gasteiger partial charge in [0.15, 0.2) is 0 Å². The van der Waals surface area contributed by atoms with Crippen molar-refractivity contribution >= 4 is 33.0 Å². The molecule has 0 spiro atoms. The van der Waals surface area contributed by atoms with Crippen LogP contribution in [0.2, 0.25) is 5.02 Å². The van der Waals surface area contributed by atoms with Crippen LogP contribution in [0.25, 0.3) is 4.96 Å². The fourth-order valence-corrected chi connectivity index (χ4v) is 4.72. The zero-order valence-corrected chi connectivity index (χ0v) is 16.2. The average Bonchev–Trinajstić information content (AvgIpc) is 3.28. The molecule has 26 heavy (non-hydrogen) atoms. The van der Waals surface area contributed by atoms with E-state index in [0.29, 0.717) is 4.96 Å². The number of nitrogens with zero attached hydrogens (tertiary/aromatic N) is 3. The van der Waals surface area contributed by atoms with E-state index in [0.717, 1.165) is 41.7 Å². The summed E-state index contributed by atoms with van der Waals surface area (Å²) in [7, 11) is 0. The molecule has 3 aromatic rings. The lowest BCUT2D eigenvalue weighted by Crippen LogP contribution is -2.31. The van der Waals surface area contributed by atoms with Gasteiger partial charge in [0.25, 0.3) is 5.56 Å². The van der Waals surface area contributed by atoms with Crippen LogP contribution < -0.4 is 10.9 Å². The zero-order valence-electron chi connectivity index (χ0n) is 14.7. The molecule has 136 valence electrons. The molecule has 1 saturated carbocycles. The van der Waals surface area contributed by atoms with Crippen LogP contribution >= 0.6 is 22.9 Å². The van der Waals surface area contributed by atoms with Crippen LogP contribution in [0.3, 0.4) is 0 Å². The van der Waals surface area contributed by atoms with Gasteiger partial charge < -0.3 is 5.32 Å². The van der Waals surface area contributed by atoms with E-state index in [1.165, 1.54) is 34.3 Å². The average molecular weight is 389 g/mol. The van der Waals surface area contributed by atoms with Crippen LogP contribution in [-0.4, -0.2) is 21.1 Å². The molecule has 5 nitrogen and oxygen atoms in total. The van der Waals surface area contributed by atoms with E-state index in [1.54, 1.807) is 6.07 Å². The Kier molecular flexibility index (Phi) is 4.71. The van der Waals surface area contributed by atoms with Gasteiger partial charge >= 0.3 is 0 Å². The minimum absolute atomic E-state index is 0.0927. The number of anilines is 1. The van der Waals surface area contributed by atoms with Crippen molar-refractivity contribution in [1.82, 2.24) is 14.6 Å². The molecule has 0 aliphatic heterocycles. The monoisotopic (exact) mass is 388 g/mol. The van der Waals surface area contributed by atoms with Gasteiger partial charge in [-0.05, 0) is 37.0 Å². The molecule has 7 heteroatoms. The van der Waals surface area contributed by atoms with Crippen LogP contribution in [0.4, 0.5) is 5.13 Å². The van der Waals surface area contributed by atoms with Crippen LogP contribution in [0.5, 0.6) is 0 Å². The Bertz CT molecular complexity index is 973. The van der Waals surface area contributed by atoms with Gasteiger partial charge in [0.05, 0.1) is 0 Å². The maximum atomic E-state index is 12.2. The number of benzene rings is 1. The first-order valence-corrected chi connectivity index (χ1v) is 10.2. The molecule has 1 N–H and O–H groups in total. The Morgan fingerprint density at radius 3 is 2.69 bits per heavy atom. The molecule has 0 amide bonds. The number of rotatable bonds is 5. The second kappa shape index (κ2) is 7.00. The molecular weight excluding hydrogens is 368 g/mol. The van der Waals surface area contributed by atoms with Crippen molar-refractivity contribution in [3.8, 4) is 0 Å². The lowest BCUT2D eigenvalue weighted by molar-refractivity contribution is 0.466. The van der Waals surface area contributed by atoms with Gasteiger partial charge in [0, 0.05) is 28.7 Å². The van der Waals surface area contributed by atoms with E-state index in [9.17, 15) is 4.79 Å². The van der Waals surface area contributed by atoms with Crippen molar-refractivity contribution in [2.24, 2.45) is 0 Å². The fourth-order valence-electron chi connectivity index (χ4n) is 3.78. The molecule has 1 aliphatic rings. The topological polar surface area (TPSA) is 59.3 Å². The van der Waals surface area contributed by atoms with Gasteiger partial charge in [-0.15, -0.1) is 5.10 Å². The summed E-state index contributed by atoms with van der Waals surface area (Å²) in [4.78, 5) is 17.3. The molecule has 2 heterocycles. The van der Waals surface area contributed by atoms with E-state index in [4.69, 9.17) is 11.6 Å². The minimum Gasteiger partial charge on any atom is -0.359 e. The predicted molar refractivity (Wildman–Crippen MR) is 107 cm³/mol. The number of hydrogen-bond acceptors (Lipinski definition) is 5. The Balaban J connectivity index is 1.60. The predicted octanol–water partition coefficient (Wildman–Crippen LogP) is 4.29. The second-order valence-electron chi connectivity index (χ2n) is 6.89. The van der Waals surface area contributed by atoms with Crippen molar-refractivity contribution in [3.63, 3.8) is 0 Å². The van der Waals surface area contributed by atoms with Crippen LogP contribution in [0, 0.1) is 0 Å². The largest absolute Gasteiger partial charge is 0.359 e. The number of hydrogen-bond donors (Lipinski definition) is 1. The summed E-state index contributed by atoms with van der Waals surface area (Å²) in [6.07, 6.45) is 5.48. The first-order valence-electron chi connectivity index (χ1n) is 8.99. The van der Waals surface area contributed by atoms with Gasteiger partial charge in [0.1, 0.15) is 0 Å². The van der Waals surface area contributed by atoms with E-state index >= 15 is 0 Å². The standard InChI is InChI=1S/C19H21ClN4OS/c1-2-15-11-16(25)24-18(22-15)26-17(23-24)21-12-19(9-3-4-10-19)13-5-7-14(20)8-6-13/h5-8,11H,2-4,9-10,12H2,1H3,(H,21,23). The van der Waals surface area contributed by atoms with Crippen LogP contribution in [0.1, 0.15) is 43.9 Å². The number of nitrogens with one attached hydrogen (secondary N) is 1. The Morgan fingerprint density at radius 2 is 2.00 bits per heavy atom. The summed E-state index contributed by atoms with van der Waals surface area (Å²) < 4.78 is 1.38. The highest BCUT2D eigenvalue weighted by Crippen LogP contribution is 2.41.